The molecule has 0 atom stereocenters. The number of rotatable bonds is 9. The van der Waals surface area contributed by atoms with Gasteiger partial charge in [0.25, 0.3) is 0 Å². The summed E-state index contributed by atoms with van der Waals surface area (Å²) in [6, 6.07) is 5.26. The number of aromatic nitrogens is 1. The van der Waals surface area contributed by atoms with Gasteiger partial charge in [-0.05, 0) is 37.0 Å². The zero-order valence-corrected chi connectivity index (χ0v) is 18.5. The quantitative estimate of drug-likeness (QED) is 0.600. The summed E-state index contributed by atoms with van der Waals surface area (Å²) in [5.41, 5.74) is 1.48. The molecular weight excluding hydrogens is 390 g/mol. The van der Waals surface area contributed by atoms with Crippen molar-refractivity contribution in [2.75, 3.05) is 31.6 Å². The molecular formula is C22H30ClN3O3. The maximum Gasteiger partial charge on any atom is 0.341 e. The molecule has 0 aliphatic rings. The van der Waals surface area contributed by atoms with E-state index >= 15 is 0 Å². The van der Waals surface area contributed by atoms with Crippen LogP contribution in [-0.2, 0) is 9.53 Å². The Morgan fingerprint density at radius 1 is 1.17 bits per heavy atom. The second-order valence-electron chi connectivity index (χ2n) is 7.87. The van der Waals surface area contributed by atoms with Crippen molar-refractivity contribution in [3.05, 3.63) is 35.0 Å². The molecule has 0 unspecified atom stereocenters. The van der Waals surface area contributed by atoms with Gasteiger partial charge in [0.1, 0.15) is 5.56 Å². The Morgan fingerprint density at radius 2 is 1.83 bits per heavy atom. The molecule has 1 aromatic heterocycles. The second kappa shape index (κ2) is 10.4. The summed E-state index contributed by atoms with van der Waals surface area (Å²) in [7, 11) is 0. The molecule has 0 aliphatic heterocycles. The van der Waals surface area contributed by atoms with Crippen LogP contribution < -0.4 is 5.32 Å². The molecule has 0 radical (unpaired) electrons. The van der Waals surface area contributed by atoms with Crippen LogP contribution in [0.3, 0.4) is 0 Å². The fourth-order valence-corrected chi connectivity index (χ4v) is 3.33. The summed E-state index contributed by atoms with van der Waals surface area (Å²) in [6.07, 6.45) is 1.47. The van der Waals surface area contributed by atoms with E-state index in [1.807, 2.05) is 4.90 Å². The third-order valence-corrected chi connectivity index (χ3v) is 4.50. The van der Waals surface area contributed by atoms with Gasteiger partial charge in [-0.1, -0.05) is 39.3 Å². The van der Waals surface area contributed by atoms with E-state index in [0.717, 1.165) is 0 Å². The fraction of sp³-hybridized carbons (Fsp3) is 0.500. The number of nitrogens with zero attached hydrogens (tertiary/aromatic N) is 2. The average molecular weight is 420 g/mol. The molecule has 1 amide bonds. The van der Waals surface area contributed by atoms with E-state index in [-0.39, 0.29) is 24.6 Å². The molecule has 0 spiro atoms. The summed E-state index contributed by atoms with van der Waals surface area (Å²) in [6.45, 7) is 11.8. The van der Waals surface area contributed by atoms with E-state index in [9.17, 15) is 9.59 Å². The van der Waals surface area contributed by atoms with Crippen LogP contribution >= 0.6 is 11.6 Å². The number of hydrogen-bond donors (Lipinski definition) is 1. The largest absolute Gasteiger partial charge is 0.462 e. The van der Waals surface area contributed by atoms with Crippen molar-refractivity contribution >= 4 is 40.1 Å². The van der Waals surface area contributed by atoms with Crippen LogP contribution in [0.2, 0.25) is 5.02 Å². The third-order valence-electron chi connectivity index (χ3n) is 4.27. The SMILES string of the molecule is CCOC(=O)c1cnc2ccc(Cl)cc2c1NCC(=O)N(CC(C)C)CC(C)C. The van der Waals surface area contributed by atoms with Gasteiger partial charge < -0.3 is 15.0 Å². The highest BCUT2D eigenvalue weighted by atomic mass is 35.5. The van der Waals surface area contributed by atoms with Crippen molar-refractivity contribution in [1.82, 2.24) is 9.88 Å². The molecule has 158 valence electrons. The highest BCUT2D eigenvalue weighted by Gasteiger charge is 2.20. The number of pyridine rings is 1. The van der Waals surface area contributed by atoms with Crippen LogP contribution in [0, 0.1) is 11.8 Å². The number of fused-ring (bicyclic) bond motifs is 1. The molecule has 2 rings (SSSR count). The van der Waals surface area contributed by atoms with Crippen molar-refractivity contribution in [3.63, 3.8) is 0 Å². The number of amides is 1. The Balaban J connectivity index is 2.35. The molecule has 2 aromatic rings. The topological polar surface area (TPSA) is 71.5 Å². The predicted molar refractivity (Wildman–Crippen MR) is 117 cm³/mol. The first-order valence-electron chi connectivity index (χ1n) is 9.99. The Bertz CT molecular complexity index is 858. The predicted octanol–water partition coefficient (Wildman–Crippen LogP) is 4.62. The smallest absolute Gasteiger partial charge is 0.341 e. The van der Waals surface area contributed by atoms with Crippen LogP contribution in [-0.4, -0.2) is 48.0 Å². The molecule has 0 bridgehead atoms. The zero-order valence-electron chi connectivity index (χ0n) is 17.8. The number of carbonyl (C=O) groups excluding carboxylic acids is 2. The highest BCUT2D eigenvalue weighted by molar-refractivity contribution is 6.31. The minimum absolute atomic E-state index is 0.0193. The minimum Gasteiger partial charge on any atom is -0.462 e. The summed E-state index contributed by atoms with van der Waals surface area (Å²) in [5.74, 6) is 0.231. The van der Waals surface area contributed by atoms with Gasteiger partial charge in [0, 0.05) is 29.7 Å². The van der Waals surface area contributed by atoms with Gasteiger partial charge in [0.2, 0.25) is 5.91 Å². The van der Waals surface area contributed by atoms with Gasteiger partial charge in [-0.15, -0.1) is 0 Å². The van der Waals surface area contributed by atoms with Gasteiger partial charge >= 0.3 is 5.97 Å². The Labute approximate surface area is 177 Å². The van der Waals surface area contributed by atoms with Gasteiger partial charge in [0.15, 0.2) is 0 Å². The van der Waals surface area contributed by atoms with Crippen molar-refractivity contribution < 1.29 is 14.3 Å². The number of ether oxygens (including phenoxy) is 1. The van der Waals surface area contributed by atoms with E-state index in [4.69, 9.17) is 16.3 Å². The normalized spacial score (nSPS) is 11.2. The lowest BCUT2D eigenvalue weighted by molar-refractivity contribution is -0.130. The Kier molecular flexibility index (Phi) is 8.26. The first-order chi connectivity index (χ1) is 13.7. The number of halogens is 1. The van der Waals surface area contributed by atoms with E-state index < -0.39 is 5.97 Å². The minimum atomic E-state index is -0.488. The Morgan fingerprint density at radius 3 is 2.41 bits per heavy atom. The summed E-state index contributed by atoms with van der Waals surface area (Å²) >= 11 is 6.16. The van der Waals surface area contributed by atoms with Crippen LogP contribution in [0.1, 0.15) is 45.0 Å². The monoisotopic (exact) mass is 419 g/mol. The number of anilines is 1. The molecule has 0 aliphatic carbocycles. The zero-order chi connectivity index (χ0) is 21.6. The lowest BCUT2D eigenvalue weighted by atomic mass is 10.1. The van der Waals surface area contributed by atoms with Gasteiger partial charge in [-0.3, -0.25) is 9.78 Å². The molecule has 0 saturated carbocycles. The van der Waals surface area contributed by atoms with Gasteiger partial charge in [-0.25, -0.2) is 4.79 Å². The lowest BCUT2D eigenvalue weighted by Crippen LogP contribution is -2.40. The molecule has 6 nitrogen and oxygen atoms in total. The second-order valence-corrected chi connectivity index (χ2v) is 8.31. The van der Waals surface area contributed by atoms with E-state index in [1.54, 1.807) is 25.1 Å². The lowest BCUT2D eigenvalue weighted by Gasteiger charge is -2.27. The number of nitrogens with one attached hydrogen (secondary N) is 1. The van der Waals surface area contributed by atoms with Crippen molar-refractivity contribution in [2.24, 2.45) is 11.8 Å². The molecule has 7 heteroatoms. The maximum absolute atomic E-state index is 12.9. The van der Waals surface area contributed by atoms with Gasteiger partial charge in [0.05, 0.1) is 24.4 Å². The summed E-state index contributed by atoms with van der Waals surface area (Å²) in [5, 5.41) is 4.36. The van der Waals surface area contributed by atoms with E-state index in [0.29, 0.717) is 46.5 Å². The highest BCUT2D eigenvalue weighted by Crippen LogP contribution is 2.29. The van der Waals surface area contributed by atoms with Crippen LogP contribution in [0.25, 0.3) is 10.9 Å². The maximum atomic E-state index is 12.9. The van der Waals surface area contributed by atoms with Crippen LogP contribution in [0.4, 0.5) is 5.69 Å². The number of hydrogen-bond acceptors (Lipinski definition) is 5. The van der Waals surface area contributed by atoms with Crippen LogP contribution in [0.15, 0.2) is 24.4 Å². The summed E-state index contributed by atoms with van der Waals surface area (Å²) in [4.78, 5) is 31.5. The average Bonchev–Trinajstić information content (AvgIpc) is 2.64. The molecule has 1 aromatic carbocycles. The first-order valence-corrected chi connectivity index (χ1v) is 10.4. The Hall–Kier alpha value is -2.34. The fourth-order valence-electron chi connectivity index (χ4n) is 3.15. The first kappa shape index (κ1) is 22.9. The number of esters is 1. The van der Waals surface area contributed by atoms with Crippen molar-refractivity contribution in [3.8, 4) is 0 Å². The molecule has 0 fully saturated rings. The van der Waals surface area contributed by atoms with E-state index in [2.05, 4.69) is 38.0 Å². The standard InChI is InChI=1S/C22H30ClN3O3/c1-6-29-22(28)18-10-24-19-8-7-16(23)9-17(19)21(18)25-11-20(27)26(12-14(2)3)13-15(4)5/h7-10,14-15H,6,11-13H2,1-5H3,(H,24,25). The van der Waals surface area contributed by atoms with Crippen molar-refractivity contribution in [1.29, 1.82) is 0 Å². The molecule has 29 heavy (non-hydrogen) atoms. The number of benzene rings is 1. The van der Waals surface area contributed by atoms with Gasteiger partial charge in [-0.2, -0.15) is 0 Å². The van der Waals surface area contributed by atoms with Crippen molar-refractivity contribution in [2.45, 2.75) is 34.6 Å². The van der Waals surface area contributed by atoms with Crippen LogP contribution in [0.5, 0.6) is 0 Å². The molecule has 1 heterocycles. The molecule has 0 saturated heterocycles. The molecule has 1 N–H and O–H groups in total. The number of carbonyl (C=O) groups is 2. The van der Waals surface area contributed by atoms with E-state index in [1.165, 1.54) is 6.20 Å². The third kappa shape index (κ3) is 6.32. The summed E-state index contributed by atoms with van der Waals surface area (Å²) < 4.78 is 5.16.